The van der Waals surface area contributed by atoms with Crippen molar-refractivity contribution in [3.8, 4) is 11.3 Å². The summed E-state index contributed by atoms with van der Waals surface area (Å²) >= 11 is 1.55. The van der Waals surface area contributed by atoms with Gasteiger partial charge in [-0.1, -0.05) is 12.1 Å². The Hall–Kier alpha value is -2.97. The van der Waals surface area contributed by atoms with Crippen molar-refractivity contribution in [1.29, 1.82) is 0 Å². The van der Waals surface area contributed by atoms with Gasteiger partial charge in [-0.25, -0.2) is 9.38 Å². The van der Waals surface area contributed by atoms with E-state index in [9.17, 15) is 9.18 Å². The van der Waals surface area contributed by atoms with Crippen molar-refractivity contribution in [2.45, 2.75) is 19.9 Å². The van der Waals surface area contributed by atoms with Gasteiger partial charge in [0.15, 0.2) is 4.80 Å². The lowest BCUT2D eigenvalue weighted by atomic mass is 10.1. The van der Waals surface area contributed by atoms with Gasteiger partial charge in [0.05, 0.1) is 24.6 Å². The molecule has 0 bridgehead atoms. The minimum absolute atomic E-state index is 0.0320. The van der Waals surface area contributed by atoms with Crippen LogP contribution in [0.15, 0.2) is 58.9 Å². The van der Waals surface area contributed by atoms with Crippen molar-refractivity contribution < 1.29 is 13.9 Å². The highest BCUT2D eigenvalue weighted by atomic mass is 32.1. The van der Waals surface area contributed by atoms with Crippen molar-refractivity contribution >= 4 is 28.6 Å². The first-order valence-corrected chi connectivity index (χ1v) is 11.6. The van der Waals surface area contributed by atoms with Crippen LogP contribution in [-0.2, 0) is 16.1 Å². The van der Waals surface area contributed by atoms with E-state index in [1.54, 1.807) is 23.5 Å². The number of carbonyl (C=O) groups is 1. The summed E-state index contributed by atoms with van der Waals surface area (Å²) in [6.07, 6.45) is 0.784. The molecule has 8 heteroatoms. The summed E-state index contributed by atoms with van der Waals surface area (Å²) in [5.41, 5.74) is 4.09. The highest BCUT2D eigenvalue weighted by molar-refractivity contribution is 7.07. The van der Waals surface area contributed by atoms with E-state index >= 15 is 0 Å². The van der Waals surface area contributed by atoms with E-state index in [0.29, 0.717) is 18.8 Å². The van der Waals surface area contributed by atoms with E-state index in [1.165, 1.54) is 24.7 Å². The van der Waals surface area contributed by atoms with Gasteiger partial charge in [0.1, 0.15) is 5.82 Å². The summed E-state index contributed by atoms with van der Waals surface area (Å²) in [7, 11) is 0. The van der Waals surface area contributed by atoms with Gasteiger partial charge < -0.3 is 19.5 Å². The fourth-order valence-corrected chi connectivity index (χ4v) is 4.61. The molecule has 1 aromatic heterocycles. The third-order valence-corrected chi connectivity index (χ3v) is 6.18. The molecule has 6 nitrogen and oxygen atoms in total. The van der Waals surface area contributed by atoms with Crippen LogP contribution in [0.3, 0.4) is 0 Å². The van der Waals surface area contributed by atoms with Gasteiger partial charge in [0, 0.05) is 44.2 Å². The van der Waals surface area contributed by atoms with E-state index in [0.717, 1.165) is 48.8 Å². The Kier molecular flexibility index (Phi) is 7.34. The maximum absolute atomic E-state index is 13.3. The molecule has 168 valence electrons. The van der Waals surface area contributed by atoms with Crippen LogP contribution in [0.25, 0.3) is 11.3 Å². The third-order valence-electron chi connectivity index (χ3n) is 5.32. The van der Waals surface area contributed by atoms with E-state index in [4.69, 9.17) is 9.73 Å². The molecule has 32 heavy (non-hydrogen) atoms. The molecule has 0 unspecified atom stereocenters. The molecular formula is C24H27FN4O2S. The van der Waals surface area contributed by atoms with Crippen molar-refractivity contribution in [3.05, 3.63) is 64.5 Å². The fourth-order valence-electron chi connectivity index (χ4n) is 3.66. The van der Waals surface area contributed by atoms with Crippen LogP contribution in [0.5, 0.6) is 0 Å². The molecule has 1 amide bonds. The number of aromatic nitrogens is 1. The maximum Gasteiger partial charge on any atom is 0.216 e. The molecule has 0 atom stereocenters. The molecule has 0 spiro atoms. The van der Waals surface area contributed by atoms with Crippen LogP contribution >= 0.6 is 11.3 Å². The first-order chi connectivity index (χ1) is 15.6. The van der Waals surface area contributed by atoms with Gasteiger partial charge >= 0.3 is 0 Å². The molecule has 0 saturated carbocycles. The van der Waals surface area contributed by atoms with E-state index < -0.39 is 0 Å². The second-order valence-electron chi connectivity index (χ2n) is 7.63. The maximum atomic E-state index is 13.3. The lowest BCUT2D eigenvalue weighted by Gasteiger charge is -2.28. The number of nitrogens with one attached hydrogen (secondary N) is 1. The van der Waals surface area contributed by atoms with Crippen LogP contribution < -0.4 is 15.0 Å². The van der Waals surface area contributed by atoms with Gasteiger partial charge in [-0.05, 0) is 48.4 Å². The van der Waals surface area contributed by atoms with Gasteiger partial charge in [0.2, 0.25) is 5.91 Å². The van der Waals surface area contributed by atoms with E-state index in [-0.39, 0.29) is 11.7 Å². The molecule has 0 aliphatic carbocycles. The Morgan fingerprint density at radius 2 is 1.84 bits per heavy atom. The highest BCUT2D eigenvalue weighted by Gasteiger charge is 2.13. The second-order valence-corrected chi connectivity index (χ2v) is 8.46. The number of amides is 1. The van der Waals surface area contributed by atoms with Gasteiger partial charge in [-0.15, -0.1) is 11.3 Å². The van der Waals surface area contributed by atoms with Crippen molar-refractivity contribution in [2.24, 2.45) is 4.99 Å². The van der Waals surface area contributed by atoms with Crippen molar-refractivity contribution in [3.63, 3.8) is 0 Å². The monoisotopic (exact) mass is 454 g/mol. The molecule has 1 aliphatic rings. The lowest BCUT2D eigenvalue weighted by Crippen LogP contribution is -2.36. The number of anilines is 1. The zero-order valence-electron chi connectivity index (χ0n) is 18.1. The summed E-state index contributed by atoms with van der Waals surface area (Å²) < 4.78 is 20.9. The smallest absolute Gasteiger partial charge is 0.216 e. The van der Waals surface area contributed by atoms with Crippen LogP contribution in [-0.4, -0.2) is 43.3 Å². The first-order valence-electron chi connectivity index (χ1n) is 10.8. The molecule has 2 heterocycles. The quantitative estimate of drug-likeness (QED) is 0.550. The predicted octanol–water partition coefficient (Wildman–Crippen LogP) is 3.95. The van der Waals surface area contributed by atoms with E-state index in [2.05, 4.69) is 44.4 Å². The fraction of sp³-hybridized carbons (Fsp3) is 0.333. The van der Waals surface area contributed by atoms with Crippen molar-refractivity contribution in [2.75, 3.05) is 37.7 Å². The zero-order valence-corrected chi connectivity index (χ0v) is 18.9. The van der Waals surface area contributed by atoms with Gasteiger partial charge in [-0.3, -0.25) is 4.79 Å². The first kappa shape index (κ1) is 22.2. The standard InChI is InChI=1S/C24H27FN4O2S/c1-18(30)26-11-2-12-29-23(17-32-24(29)27-21-7-5-20(25)6-8-21)19-3-9-22(10-4-19)28-13-15-31-16-14-28/h3-10,17H,2,11-16H2,1H3,(H,26,30)/b27-24-. The summed E-state index contributed by atoms with van der Waals surface area (Å²) in [4.78, 5) is 19.1. The van der Waals surface area contributed by atoms with Crippen molar-refractivity contribution in [1.82, 2.24) is 9.88 Å². The molecule has 1 fully saturated rings. The number of hydrogen-bond acceptors (Lipinski definition) is 5. The molecule has 2 aromatic carbocycles. The molecule has 1 aliphatic heterocycles. The van der Waals surface area contributed by atoms with Crippen LogP contribution in [0.4, 0.5) is 15.8 Å². The summed E-state index contributed by atoms with van der Waals surface area (Å²) in [6.45, 7) is 6.16. The minimum Gasteiger partial charge on any atom is -0.378 e. The molecule has 0 radical (unpaired) electrons. The number of morpholine rings is 1. The number of thiazole rings is 1. The third kappa shape index (κ3) is 5.63. The lowest BCUT2D eigenvalue weighted by molar-refractivity contribution is -0.118. The average Bonchev–Trinajstić information content (AvgIpc) is 3.21. The SMILES string of the molecule is CC(=O)NCCCn1c(-c2ccc(N3CCOCC3)cc2)cs/c1=N\c1ccc(F)cc1. The molecular weight excluding hydrogens is 427 g/mol. The summed E-state index contributed by atoms with van der Waals surface area (Å²) in [5, 5.41) is 4.95. The zero-order chi connectivity index (χ0) is 22.3. The highest BCUT2D eigenvalue weighted by Crippen LogP contribution is 2.25. The summed E-state index contributed by atoms with van der Waals surface area (Å²) in [5.74, 6) is -0.310. The average molecular weight is 455 g/mol. The Labute approximate surface area is 191 Å². The molecule has 3 aromatic rings. The molecule has 4 rings (SSSR count). The van der Waals surface area contributed by atoms with Crippen LogP contribution in [0.1, 0.15) is 13.3 Å². The topological polar surface area (TPSA) is 58.9 Å². The van der Waals surface area contributed by atoms with E-state index in [1.807, 2.05) is 0 Å². The number of benzene rings is 2. The van der Waals surface area contributed by atoms with Gasteiger partial charge in [-0.2, -0.15) is 0 Å². The molecule has 1 N–H and O–H groups in total. The normalized spacial score (nSPS) is 14.6. The number of halogens is 1. The minimum atomic E-state index is -0.278. The molecule has 1 saturated heterocycles. The van der Waals surface area contributed by atoms with Crippen LogP contribution in [0.2, 0.25) is 0 Å². The Bertz CT molecular complexity index is 1100. The van der Waals surface area contributed by atoms with Gasteiger partial charge in [0.25, 0.3) is 0 Å². The Morgan fingerprint density at radius 3 is 2.53 bits per heavy atom. The number of nitrogens with zero attached hydrogens (tertiary/aromatic N) is 3. The number of rotatable bonds is 7. The second kappa shape index (κ2) is 10.6. The largest absolute Gasteiger partial charge is 0.378 e. The predicted molar refractivity (Wildman–Crippen MR) is 126 cm³/mol. The Morgan fingerprint density at radius 1 is 1.12 bits per heavy atom. The Balaban J connectivity index is 1.62. The summed E-state index contributed by atoms with van der Waals surface area (Å²) in [6, 6.07) is 14.8. The van der Waals surface area contributed by atoms with Crippen LogP contribution in [0, 0.1) is 5.82 Å². The number of hydrogen-bond donors (Lipinski definition) is 1. The number of ether oxygens (including phenoxy) is 1. The number of carbonyl (C=O) groups excluding carboxylic acids is 1.